The fourth-order valence-electron chi connectivity index (χ4n) is 3.13. The Morgan fingerprint density at radius 3 is 2.67 bits per heavy atom. The summed E-state index contributed by atoms with van der Waals surface area (Å²) in [6.45, 7) is 8.09. The molecule has 3 heterocycles. The van der Waals surface area contributed by atoms with Crippen LogP contribution in [0, 0.1) is 13.8 Å². The molecule has 124 valence electrons. The number of aryl methyl sites for hydroxylation is 2. The number of benzene rings is 1. The van der Waals surface area contributed by atoms with Crippen LogP contribution >= 0.6 is 22.9 Å². The number of hydrogen-bond acceptors (Lipinski definition) is 5. The summed E-state index contributed by atoms with van der Waals surface area (Å²) < 4.78 is 0. The highest BCUT2D eigenvalue weighted by Gasteiger charge is 2.20. The third kappa shape index (κ3) is 2.77. The van der Waals surface area contributed by atoms with Gasteiger partial charge in [-0.3, -0.25) is 0 Å². The normalized spacial score (nSPS) is 15.2. The van der Waals surface area contributed by atoms with E-state index in [4.69, 9.17) is 11.6 Å². The first-order chi connectivity index (χ1) is 11.6. The van der Waals surface area contributed by atoms with E-state index in [2.05, 4.69) is 57.6 Å². The molecule has 1 aliphatic rings. The fraction of sp³-hybridized carbons (Fsp3) is 0.333. The van der Waals surface area contributed by atoms with Crippen molar-refractivity contribution in [3.8, 4) is 11.1 Å². The number of nitrogens with one attached hydrogen (secondary N) is 1. The molecule has 0 unspecified atom stereocenters. The molecule has 3 aromatic rings. The smallest absolute Gasteiger partial charge is 0.225 e. The minimum absolute atomic E-state index is 0.324. The van der Waals surface area contributed by atoms with Crippen molar-refractivity contribution in [2.75, 3.05) is 31.1 Å². The molecule has 1 aromatic carbocycles. The van der Waals surface area contributed by atoms with Crippen LogP contribution in [0.4, 0.5) is 5.82 Å². The van der Waals surface area contributed by atoms with Gasteiger partial charge in [0.1, 0.15) is 10.6 Å². The molecule has 0 bridgehead atoms. The van der Waals surface area contributed by atoms with Gasteiger partial charge in [0.15, 0.2) is 0 Å². The van der Waals surface area contributed by atoms with Crippen molar-refractivity contribution in [1.29, 1.82) is 0 Å². The van der Waals surface area contributed by atoms with Crippen LogP contribution in [0.25, 0.3) is 21.3 Å². The Morgan fingerprint density at radius 2 is 1.92 bits per heavy atom. The summed E-state index contributed by atoms with van der Waals surface area (Å²) in [4.78, 5) is 12.3. The van der Waals surface area contributed by atoms with Crippen molar-refractivity contribution in [3.63, 3.8) is 0 Å². The molecule has 4 nitrogen and oxygen atoms in total. The van der Waals surface area contributed by atoms with Crippen LogP contribution < -0.4 is 10.2 Å². The molecule has 1 aliphatic heterocycles. The van der Waals surface area contributed by atoms with E-state index in [1.54, 1.807) is 11.3 Å². The number of aromatic nitrogens is 2. The molecule has 0 atom stereocenters. The zero-order chi connectivity index (χ0) is 16.7. The van der Waals surface area contributed by atoms with Crippen molar-refractivity contribution >= 4 is 39.0 Å². The average molecular weight is 359 g/mol. The Balaban J connectivity index is 1.91. The molecule has 1 fully saturated rings. The molecule has 0 amide bonds. The van der Waals surface area contributed by atoms with Gasteiger partial charge < -0.3 is 10.2 Å². The summed E-state index contributed by atoms with van der Waals surface area (Å²) >= 11 is 7.82. The Morgan fingerprint density at radius 1 is 1.12 bits per heavy atom. The van der Waals surface area contributed by atoms with Gasteiger partial charge in [0, 0.05) is 37.1 Å². The number of fused-ring (bicyclic) bond motifs is 1. The van der Waals surface area contributed by atoms with Crippen LogP contribution in [0.5, 0.6) is 0 Å². The van der Waals surface area contributed by atoms with Gasteiger partial charge in [0.2, 0.25) is 5.28 Å². The Hall–Kier alpha value is -1.69. The van der Waals surface area contributed by atoms with E-state index in [1.165, 1.54) is 22.3 Å². The summed E-state index contributed by atoms with van der Waals surface area (Å²) in [5, 5.41) is 7.00. The monoisotopic (exact) mass is 358 g/mol. The van der Waals surface area contributed by atoms with Gasteiger partial charge >= 0.3 is 0 Å². The lowest BCUT2D eigenvalue weighted by molar-refractivity contribution is 0.586. The van der Waals surface area contributed by atoms with Gasteiger partial charge in [0.25, 0.3) is 0 Å². The van der Waals surface area contributed by atoms with Crippen LogP contribution in [0.2, 0.25) is 5.28 Å². The van der Waals surface area contributed by atoms with Gasteiger partial charge in [-0.1, -0.05) is 18.2 Å². The summed E-state index contributed by atoms with van der Waals surface area (Å²) in [6, 6.07) is 6.60. The summed E-state index contributed by atoms with van der Waals surface area (Å²) in [7, 11) is 0. The Bertz CT molecular complexity index is 899. The topological polar surface area (TPSA) is 41.1 Å². The molecular weight excluding hydrogens is 340 g/mol. The van der Waals surface area contributed by atoms with Crippen molar-refractivity contribution in [2.45, 2.75) is 13.8 Å². The molecule has 1 saturated heterocycles. The SMILES string of the molecule is Cc1ccc(-c2csc3nc(Cl)nc(N4CCNCC4)c23)cc1C. The van der Waals surface area contributed by atoms with E-state index < -0.39 is 0 Å². The molecule has 0 aliphatic carbocycles. The van der Waals surface area contributed by atoms with E-state index in [9.17, 15) is 0 Å². The van der Waals surface area contributed by atoms with Crippen molar-refractivity contribution < 1.29 is 0 Å². The lowest BCUT2D eigenvalue weighted by atomic mass is 10.0. The lowest BCUT2D eigenvalue weighted by Crippen LogP contribution is -2.44. The van der Waals surface area contributed by atoms with E-state index >= 15 is 0 Å². The van der Waals surface area contributed by atoms with E-state index in [0.29, 0.717) is 5.28 Å². The fourth-order valence-corrected chi connectivity index (χ4v) is 4.28. The number of rotatable bonds is 2. The number of nitrogens with zero attached hydrogens (tertiary/aromatic N) is 3. The first-order valence-corrected chi connectivity index (χ1v) is 9.37. The molecule has 0 saturated carbocycles. The predicted molar refractivity (Wildman–Crippen MR) is 102 cm³/mol. The summed E-state index contributed by atoms with van der Waals surface area (Å²) in [5.74, 6) is 0.959. The second kappa shape index (κ2) is 6.31. The van der Waals surface area contributed by atoms with Gasteiger partial charge in [0.05, 0.1) is 5.39 Å². The van der Waals surface area contributed by atoms with Crippen LogP contribution in [0.3, 0.4) is 0 Å². The van der Waals surface area contributed by atoms with E-state index in [0.717, 1.165) is 42.2 Å². The molecule has 0 radical (unpaired) electrons. The maximum absolute atomic E-state index is 6.19. The van der Waals surface area contributed by atoms with Crippen molar-refractivity contribution in [3.05, 3.63) is 40.0 Å². The van der Waals surface area contributed by atoms with Crippen molar-refractivity contribution in [1.82, 2.24) is 15.3 Å². The standard InChI is InChI=1S/C18H19ClN4S/c1-11-3-4-13(9-12(11)2)14-10-24-17-15(14)16(21-18(19)22-17)23-7-5-20-6-8-23/h3-4,9-10,20H,5-8H2,1-2H3. The molecule has 1 N–H and O–H groups in total. The lowest BCUT2D eigenvalue weighted by Gasteiger charge is -2.29. The highest BCUT2D eigenvalue weighted by molar-refractivity contribution is 7.17. The zero-order valence-corrected chi connectivity index (χ0v) is 15.3. The number of anilines is 1. The summed E-state index contributed by atoms with van der Waals surface area (Å²) in [6.07, 6.45) is 0. The highest BCUT2D eigenvalue weighted by Crippen LogP contribution is 2.39. The van der Waals surface area contributed by atoms with Crippen LogP contribution in [-0.2, 0) is 0 Å². The van der Waals surface area contributed by atoms with Gasteiger partial charge in [-0.15, -0.1) is 11.3 Å². The van der Waals surface area contributed by atoms with E-state index in [-0.39, 0.29) is 0 Å². The third-order valence-corrected chi connectivity index (χ3v) is 5.66. The van der Waals surface area contributed by atoms with Crippen molar-refractivity contribution in [2.24, 2.45) is 0 Å². The molecule has 2 aromatic heterocycles. The van der Waals surface area contributed by atoms with Crippen LogP contribution in [-0.4, -0.2) is 36.1 Å². The molecule has 0 spiro atoms. The quantitative estimate of drug-likeness (QED) is 0.702. The number of hydrogen-bond donors (Lipinski definition) is 1. The maximum Gasteiger partial charge on any atom is 0.225 e. The van der Waals surface area contributed by atoms with Crippen LogP contribution in [0.1, 0.15) is 11.1 Å². The second-order valence-corrected chi connectivity index (χ2v) is 7.38. The Labute approximate surface area is 150 Å². The molecular formula is C18H19ClN4S. The first-order valence-electron chi connectivity index (χ1n) is 8.11. The average Bonchev–Trinajstić information content (AvgIpc) is 3.01. The van der Waals surface area contributed by atoms with Gasteiger partial charge in [-0.05, 0) is 42.1 Å². The number of thiophene rings is 1. The molecule has 4 rings (SSSR count). The highest BCUT2D eigenvalue weighted by atomic mass is 35.5. The van der Waals surface area contributed by atoms with Gasteiger partial charge in [-0.25, -0.2) is 4.98 Å². The zero-order valence-electron chi connectivity index (χ0n) is 13.8. The molecule has 24 heavy (non-hydrogen) atoms. The maximum atomic E-state index is 6.19. The first kappa shape index (κ1) is 15.8. The Kier molecular flexibility index (Phi) is 4.16. The predicted octanol–water partition coefficient (Wildman–Crippen LogP) is 4.04. The minimum atomic E-state index is 0.324. The van der Waals surface area contributed by atoms with Gasteiger partial charge in [-0.2, -0.15) is 4.98 Å². The largest absolute Gasteiger partial charge is 0.353 e. The van der Waals surface area contributed by atoms with Crippen LogP contribution in [0.15, 0.2) is 23.6 Å². The summed E-state index contributed by atoms with van der Waals surface area (Å²) in [5.41, 5.74) is 5.01. The number of piperazine rings is 1. The number of halogens is 1. The third-order valence-electron chi connectivity index (χ3n) is 4.62. The minimum Gasteiger partial charge on any atom is -0.353 e. The van der Waals surface area contributed by atoms with E-state index in [1.807, 2.05) is 0 Å². The second-order valence-electron chi connectivity index (χ2n) is 6.18. The molecule has 6 heteroatoms.